The van der Waals surface area contributed by atoms with E-state index in [1.807, 2.05) is 50.2 Å². The molecule has 2 aromatic heterocycles. The number of nitrogens with zero attached hydrogens (tertiary/aromatic N) is 1. The zero-order valence-electron chi connectivity index (χ0n) is 12.4. The van der Waals surface area contributed by atoms with E-state index in [2.05, 4.69) is 10.5 Å². The van der Waals surface area contributed by atoms with Gasteiger partial charge in [0.25, 0.3) is 0 Å². The average Bonchev–Trinajstić information content (AvgIpc) is 3.10. The second kappa shape index (κ2) is 6.15. The second-order valence-electron chi connectivity index (χ2n) is 5.20. The summed E-state index contributed by atoms with van der Waals surface area (Å²) in [6.45, 7) is 4.06. The third kappa shape index (κ3) is 3.43. The molecular formula is C17H16N2O2S. The molecular weight excluding hydrogens is 296 g/mol. The van der Waals surface area contributed by atoms with Crippen LogP contribution in [0, 0.1) is 13.8 Å². The normalized spacial score (nSPS) is 10.6. The monoisotopic (exact) mass is 312 g/mol. The summed E-state index contributed by atoms with van der Waals surface area (Å²) in [7, 11) is 0. The standard InChI is InChI=1S/C17H16N2O2S/c1-11-3-6-13(7-4-11)9-16(20)18-17-10-14(19-21-17)15-8-5-12(2)22-15/h3-8,10H,9H2,1-2H3,(H,18,20). The quantitative estimate of drug-likeness (QED) is 0.785. The van der Waals surface area contributed by atoms with Crippen molar-refractivity contribution in [1.82, 2.24) is 5.16 Å². The lowest BCUT2D eigenvalue weighted by Crippen LogP contribution is -2.13. The van der Waals surface area contributed by atoms with Crippen LogP contribution in [0.1, 0.15) is 16.0 Å². The van der Waals surface area contributed by atoms with Crippen molar-refractivity contribution in [2.75, 3.05) is 5.32 Å². The van der Waals surface area contributed by atoms with Crippen LogP contribution < -0.4 is 5.32 Å². The van der Waals surface area contributed by atoms with Crippen molar-refractivity contribution in [3.05, 3.63) is 58.5 Å². The fourth-order valence-electron chi connectivity index (χ4n) is 2.10. The van der Waals surface area contributed by atoms with E-state index in [4.69, 9.17) is 4.52 Å². The first-order valence-corrected chi connectivity index (χ1v) is 7.81. The Morgan fingerprint density at radius 3 is 2.64 bits per heavy atom. The molecule has 1 aromatic carbocycles. The van der Waals surface area contributed by atoms with Gasteiger partial charge in [-0.25, -0.2) is 0 Å². The molecule has 0 bridgehead atoms. The number of carbonyl (C=O) groups excluding carboxylic acids is 1. The first-order chi connectivity index (χ1) is 10.6. The largest absolute Gasteiger partial charge is 0.338 e. The number of aromatic nitrogens is 1. The SMILES string of the molecule is Cc1ccc(CC(=O)Nc2cc(-c3ccc(C)s3)no2)cc1. The van der Waals surface area contributed by atoms with Gasteiger partial charge in [-0.1, -0.05) is 35.0 Å². The van der Waals surface area contributed by atoms with Gasteiger partial charge in [-0.05, 0) is 31.5 Å². The second-order valence-corrected chi connectivity index (χ2v) is 6.49. The molecule has 2 heterocycles. The van der Waals surface area contributed by atoms with Gasteiger partial charge in [0.05, 0.1) is 11.3 Å². The van der Waals surface area contributed by atoms with Gasteiger partial charge in [0, 0.05) is 10.9 Å². The molecule has 3 rings (SSSR count). The summed E-state index contributed by atoms with van der Waals surface area (Å²) < 4.78 is 5.18. The topological polar surface area (TPSA) is 55.1 Å². The Labute approximate surface area is 132 Å². The van der Waals surface area contributed by atoms with Crippen LogP contribution in [0.5, 0.6) is 0 Å². The Bertz CT molecular complexity index is 787. The third-order valence-electron chi connectivity index (χ3n) is 3.25. The Morgan fingerprint density at radius 2 is 1.95 bits per heavy atom. The number of thiophene rings is 1. The first kappa shape index (κ1) is 14.5. The zero-order chi connectivity index (χ0) is 15.5. The van der Waals surface area contributed by atoms with E-state index < -0.39 is 0 Å². The van der Waals surface area contributed by atoms with E-state index >= 15 is 0 Å². The van der Waals surface area contributed by atoms with Crippen LogP contribution in [-0.4, -0.2) is 11.1 Å². The number of hydrogen-bond donors (Lipinski definition) is 1. The maximum absolute atomic E-state index is 12.0. The Hall–Kier alpha value is -2.40. The number of benzene rings is 1. The van der Waals surface area contributed by atoms with Gasteiger partial charge >= 0.3 is 0 Å². The van der Waals surface area contributed by atoms with Crippen LogP contribution in [0.2, 0.25) is 0 Å². The molecule has 0 saturated carbocycles. The average molecular weight is 312 g/mol. The lowest BCUT2D eigenvalue weighted by atomic mass is 10.1. The van der Waals surface area contributed by atoms with Gasteiger partial charge < -0.3 is 4.52 Å². The molecule has 0 radical (unpaired) electrons. The summed E-state index contributed by atoms with van der Waals surface area (Å²) in [6, 6.07) is 13.7. The number of amides is 1. The number of nitrogens with one attached hydrogen (secondary N) is 1. The van der Waals surface area contributed by atoms with Crippen molar-refractivity contribution in [3.8, 4) is 10.6 Å². The molecule has 112 valence electrons. The van der Waals surface area contributed by atoms with E-state index in [1.54, 1.807) is 17.4 Å². The summed E-state index contributed by atoms with van der Waals surface area (Å²) in [6.07, 6.45) is 0.314. The minimum Gasteiger partial charge on any atom is -0.338 e. The smallest absolute Gasteiger partial charge is 0.231 e. The van der Waals surface area contributed by atoms with Crippen molar-refractivity contribution >= 4 is 23.1 Å². The van der Waals surface area contributed by atoms with Crippen molar-refractivity contribution in [2.45, 2.75) is 20.3 Å². The van der Waals surface area contributed by atoms with Crippen LogP contribution in [-0.2, 0) is 11.2 Å². The fraction of sp³-hybridized carbons (Fsp3) is 0.176. The van der Waals surface area contributed by atoms with Crippen LogP contribution in [0.4, 0.5) is 5.88 Å². The predicted octanol–water partition coefficient (Wildman–Crippen LogP) is 4.20. The van der Waals surface area contributed by atoms with Gasteiger partial charge in [-0.15, -0.1) is 11.3 Å². The first-order valence-electron chi connectivity index (χ1n) is 6.99. The van der Waals surface area contributed by atoms with Crippen LogP contribution in [0.15, 0.2) is 47.0 Å². The molecule has 0 aliphatic heterocycles. The van der Waals surface area contributed by atoms with Gasteiger partial charge in [0.15, 0.2) is 0 Å². The number of aryl methyl sites for hydroxylation is 2. The van der Waals surface area contributed by atoms with Gasteiger partial charge in [-0.2, -0.15) is 0 Å². The minimum absolute atomic E-state index is 0.117. The van der Waals surface area contributed by atoms with Crippen molar-refractivity contribution in [3.63, 3.8) is 0 Å². The highest BCUT2D eigenvalue weighted by molar-refractivity contribution is 7.15. The van der Waals surface area contributed by atoms with E-state index in [0.717, 1.165) is 16.1 Å². The zero-order valence-corrected chi connectivity index (χ0v) is 13.2. The number of rotatable bonds is 4. The maximum Gasteiger partial charge on any atom is 0.231 e. The molecule has 0 fully saturated rings. The van der Waals surface area contributed by atoms with Gasteiger partial charge in [-0.3, -0.25) is 10.1 Å². The predicted molar refractivity (Wildman–Crippen MR) is 88.1 cm³/mol. The van der Waals surface area contributed by atoms with E-state index in [-0.39, 0.29) is 5.91 Å². The summed E-state index contributed by atoms with van der Waals surface area (Å²) in [4.78, 5) is 14.3. The molecule has 22 heavy (non-hydrogen) atoms. The van der Waals surface area contributed by atoms with Crippen LogP contribution in [0.3, 0.4) is 0 Å². The highest BCUT2D eigenvalue weighted by Gasteiger charge is 2.11. The molecule has 0 saturated heterocycles. The number of anilines is 1. The summed E-state index contributed by atoms with van der Waals surface area (Å²) in [5.41, 5.74) is 2.88. The molecule has 1 amide bonds. The molecule has 0 unspecified atom stereocenters. The Kier molecular flexibility index (Phi) is 4.06. The molecule has 0 spiro atoms. The summed E-state index contributed by atoms with van der Waals surface area (Å²) in [5.74, 6) is 0.257. The Balaban J connectivity index is 1.64. The lowest BCUT2D eigenvalue weighted by Gasteiger charge is -2.01. The van der Waals surface area contributed by atoms with E-state index in [1.165, 1.54) is 10.4 Å². The van der Waals surface area contributed by atoms with Crippen molar-refractivity contribution < 1.29 is 9.32 Å². The number of carbonyl (C=O) groups is 1. The fourth-order valence-corrected chi connectivity index (χ4v) is 2.92. The summed E-state index contributed by atoms with van der Waals surface area (Å²) in [5, 5.41) is 6.73. The molecule has 1 N–H and O–H groups in total. The van der Waals surface area contributed by atoms with Crippen molar-refractivity contribution in [1.29, 1.82) is 0 Å². The van der Waals surface area contributed by atoms with Gasteiger partial charge in [0.1, 0.15) is 5.69 Å². The highest BCUT2D eigenvalue weighted by atomic mass is 32.1. The molecule has 4 nitrogen and oxygen atoms in total. The number of hydrogen-bond acceptors (Lipinski definition) is 4. The maximum atomic E-state index is 12.0. The van der Waals surface area contributed by atoms with E-state index in [9.17, 15) is 4.79 Å². The molecule has 3 aromatic rings. The molecule has 0 atom stereocenters. The molecule has 0 aliphatic rings. The lowest BCUT2D eigenvalue weighted by molar-refractivity contribution is -0.115. The van der Waals surface area contributed by atoms with Crippen LogP contribution >= 0.6 is 11.3 Å². The van der Waals surface area contributed by atoms with E-state index in [0.29, 0.717) is 12.3 Å². The van der Waals surface area contributed by atoms with Crippen molar-refractivity contribution in [2.24, 2.45) is 0 Å². The Morgan fingerprint density at radius 1 is 1.18 bits per heavy atom. The summed E-state index contributed by atoms with van der Waals surface area (Å²) >= 11 is 1.64. The molecule has 5 heteroatoms. The minimum atomic E-state index is -0.117. The van der Waals surface area contributed by atoms with Gasteiger partial charge in [0.2, 0.25) is 11.8 Å². The highest BCUT2D eigenvalue weighted by Crippen LogP contribution is 2.28. The van der Waals surface area contributed by atoms with Crippen LogP contribution in [0.25, 0.3) is 10.6 Å². The third-order valence-corrected chi connectivity index (χ3v) is 4.27. The molecule has 0 aliphatic carbocycles.